The maximum absolute atomic E-state index is 12.0. The van der Waals surface area contributed by atoms with Crippen molar-refractivity contribution in [2.45, 2.75) is 6.42 Å². The predicted molar refractivity (Wildman–Crippen MR) is 80.3 cm³/mol. The van der Waals surface area contributed by atoms with Crippen molar-refractivity contribution in [2.75, 3.05) is 12.4 Å². The number of benzene rings is 2. The number of para-hydroxylation sites is 1. The normalized spacial score (nSPS) is 9.95. The Bertz CT molecular complexity index is 651. The molecule has 21 heavy (non-hydrogen) atoms. The summed E-state index contributed by atoms with van der Waals surface area (Å²) in [7, 11) is 1.57. The molecule has 0 atom stereocenters. The van der Waals surface area contributed by atoms with Crippen LogP contribution in [0.15, 0.2) is 48.5 Å². The average molecular weight is 284 g/mol. The number of amides is 2. The summed E-state index contributed by atoms with van der Waals surface area (Å²) in [5.74, 6) is 0.0185. The van der Waals surface area contributed by atoms with Crippen molar-refractivity contribution >= 4 is 17.5 Å². The highest BCUT2D eigenvalue weighted by atomic mass is 16.5. The minimum absolute atomic E-state index is 0.161. The van der Waals surface area contributed by atoms with Crippen LogP contribution in [-0.4, -0.2) is 18.9 Å². The van der Waals surface area contributed by atoms with Crippen molar-refractivity contribution in [1.82, 2.24) is 0 Å². The van der Waals surface area contributed by atoms with E-state index in [0.717, 1.165) is 5.56 Å². The predicted octanol–water partition coefficient (Wildman–Crippen LogP) is 1.98. The second-order valence-corrected chi connectivity index (χ2v) is 4.48. The van der Waals surface area contributed by atoms with Crippen LogP contribution in [0.3, 0.4) is 0 Å². The van der Waals surface area contributed by atoms with Crippen molar-refractivity contribution < 1.29 is 14.3 Å². The Balaban J connectivity index is 2.03. The second kappa shape index (κ2) is 6.56. The van der Waals surface area contributed by atoms with E-state index < -0.39 is 5.91 Å². The number of carbonyl (C=O) groups excluding carboxylic acids is 2. The first kappa shape index (κ1) is 14.6. The van der Waals surface area contributed by atoms with E-state index in [1.54, 1.807) is 31.4 Å². The molecule has 0 bridgehead atoms. The number of nitrogens with one attached hydrogen (secondary N) is 1. The molecule has 0 aliphatic rings. The Labute approximate surface area is 122 Å². The van der Waals surface area contributed by atoms with Gasteiger partial charge in [-0.1, -0.05) is 18.2 Å². The molecule has 5 heteroatoms. The van der Waals surface area contributed by atoms with E-state index >= 15 is 0 Å². The van der Waals surface area contributed by atoms with Crippen molar-refractivity contribution in [2.24, 2.45) is 5.73 Å². The third-order valence-corrected chi connectivity index (χ3v) is 3.00. The van der Waals surface area contributed by atoms with E-state index in [1.807, 2.05) is 24.3 Å². The van der Waals surface area contributed by atoms with Gasteiger partial charge in [0.2, 0.25) is 11.8 Å². The van der Waals surface area contributed by atoms with E-state index in [1.165, 1.54) is 0 Å². The Kier molecular flexibility index (Phi) is 4.56. The van der Waals surface area contributed by atoms with Gasteiger partial charge in [0, 0.05) is 16.8 Å². The summed E-state index contributed by atoms with van der Waals surface area (Å²) >= 11 is 0. The molecule has 5 nitrogen and oxygen atoms in total. The monoisotopic (exact) mass is 284 g/mol. The Morgan fingerprint density at radius 3 is 2.38 bits per heavy atom. The standard InChI is InChI=1S/C16H16N2O3/c1-21-14-5-3-2-4-12(14)10-15(19)18-13-8-6-11(7-9-13)16(17)20/h2-9H,10H2,1H3,(H2,17,20)(H,18,19). The van der Waals surface area contributed by atoms with Gasteiger partial charge < -0.3 is 15.8 Å². The van der Waals surface area contributed by atoms with Crippen molar-refractivity contribution in [3.8, 4) is 5.75 Å². The minimum Gasteiger partial charge on any atom is -0.496 e. The molecule has 0 aliphatic heterocycles. The van der Waals surface area contributed by atoms with Crippen LogP contribution in [0.2, 0.25) is 0 Å². The molecule has 0 radical (unpaired) electrons. The Morgan fingerprint density at radius 2 is 1.76 bits per heavy atom. The molecule has 0 aliphatic carbocycles. The number of primary amides is 1. The highest BCUT2D eigenvalue weighted by Gasteiger charge is 2.08. The van der Waals surface area contributed by atoms with Crippen LogP contribution in [-0.2, 0) is 11.2 Å². The Hall–Kier alpha value is -2.82. The fraction of sp³-hybridized carbons (Fsp3) is 0.125. The molecule has 0 unspecified atom stereocenters. The van der Waals surface area contributed by atoms with Crippen molar-refractivity contribution in [3.63, 3.8) is 0 Å². The van der Waals surface area contributed by atoms with Crippen molar-refractivity contribution in [3.05, 3.63) is 59.7 Å². The van der Waals surface area contributed by atoms with Crippen LogP contribution in [0.25, 0.3) is 0 Å². The Morgan fingerprint density at radius 1 is 1.10 bits per heavy atom. The molecule has 2 rings (SSSR count). The number of methoxy groups -OCH3 is 1. The number of anilines is 1. The topological polar surface area (TPSA) is 81.4 Å². The van der Waals surface area contributed by atoms with Crippen LogP contribution < -0.4 is 15.8 Å². The van der Waals surface area contributed by atoms with E-state index in [0.29, 0.717) is 17.0 Å². The molecule has 0 aromatic heterocycles. The van der Waals surface area contributed by atoms with Crippen LogP contribution >= 0.6 is 0 Å². The first-order valence-corrected chi connectivity index (χ1v) is 6.42. The molecule has 3 N–H and O–H groups in total. The van der Waals surface area contributed by atoms with E-state index in [2.05, 4.69) is 5.32 Å². The zero-order valence-corrected chi connectivity index (χ0v) is 11.6. The zero-order valence-electron chi connectivity index (χ0n) is 11.6. The number of ether oxygens (including phenoxy) is 1. The summed E-state index contributed by atoms with van der Waals surface area (Å²) in [6.07, 6.45) is 0.210. The average Bonchev–Trinajstić information content (AvgIpc) is 2.48. The number of carbonyl (C=O) groups is 2. The summed E-state index contributed by atoms with van der Waals surface area (Å²) in [5, 5.41) is 2.76. The lowest BCUT2D eigenvalue weighted by atomic mass is 10.1. The maximum atomic E-state index is 12.0. The van der Waals surface area contributed by atoms with Crippen LogP contribution in [0.4, 0.5) is 5.69 Å². The SMILES string of the molecule is COc1ccccc1CC(=O)Nc1ccc(C(N)=O)cc1. The number of hydrogen-bond donors (Lipinski definition) is 2. The third-order valence-electron chi connectivity index (χ3n) is 3.00. The van der Waals surface area contributed by atoms with Crippen molar-refractivity contribution in [1.29, 1.82) is 0 Å². The van der Waals surface area contributed by atoms with Gasteiger partial charge in [0.05, 0.1) is 13.5 Å². The summed E-state index contributed by atoms with van der Waals surface area (Å²) in [6, 6.07) is 13.8. The smallest absolute Gasteiger partial charge is 0.248 e. The first-order valence-electron chi connectivity index (χ1n) is 6.42. The van der Waals surface area contributed by atoms with Gasteiger partial charge in [0.1, 0.15) is 5.75 Å². The second-order valence-electron chi connectivity index (χ2n) is 4.48. The number of hydrogen-bond acceptors (Lipinski definition) is 3. The van der Waals surface area contributed by atoms with Crippen LogP contribution in [0, 0.1) is 0 Å². The lowest BCUT2D eigenvalue weighted by Gasteiger charge is -2.09. The van der Waals surface area contributed by atoms with Gasteiger partial charge in [-0.25, -0.2) is 0 Å². The fourth-order valence-electron chi connectivity index (χ4n) is 1.94. The molecular formula is C16H16N2O3. The number of nitrogens with two attached hydrogens (primary N) is 1. The first-order chi connectivity index (χ1) is 10.1. The van der Waals surface area contributed by atoms with Gasteiger partial charge in [-0.2, -0.15) is 0 Å². The van der Waals surface area contributed by atoms with Gasteiger partial charge >= 0.3 is 0 Å². The molecule has 108 valence electrons. The van der Waals surface area contributed by atoms with Gasteiger partial charge in [-0.3, -0.25) is 9.59 Å². The molecule has 2 aromatic rings. The van der Waals surface area contributed by atoms with Gasteiger partial charge in [-0.05, 0) is 30.3 Å². The molecule has 0 saturated carbocycles. The minimum atomic E-state index is -0.498. The zero-order chi connectivity index (χ0) is 15.2. The third kappa shape index (κ3) is 3.82. The molecule has 0 spiro atoms. The molecule has 2 aromatic carbocycles. The van der Waals surface area contributed by atoms with E-state index in [9.17, 15) is 9.59 Å². The maximum Gasteiger partial charge on any atom is 0.248 e. The van der Waals surface area contributed by atoms with Gasteiger partial charge in [-0.15, -0.1) is 0 Å². The van der Waals surface area contributed by atoms with E-state index in [-0.39, 0.29) is 12.3 Å². The van der Waals surface area contributed by atoms with Crippen LogP contribution in [0.5, 0.6) is 5.75 Å². The highest BCUT2D eigenvalue weighted by molar-refractivity contribution is 5.95. The number of rotatable bonds is 5. The summed E-state index contributed by atoms with van der Waals surface area (Å²) in [5.41, 5.74) is 6.98. The molecule has 2 amide bonds. The molecule has 0 heterocycles. The fourth-order valence-corrected chi connectivity index (χ4v) is 1.94. The van der Waals surface area contributed by atoms with Gasteiger partial charge in [0.15, 0.2) is 0 Å². The summed E-state index contributed by atoms with van der Waals surface area (Å²) in [6.45, 7) is 0. The molecular weight excluding hydrogens is 268 g/mol. The molecule has 0 fully saturated rings. The summed E-state index contributed by atoms with van der Waals surface area (Å²) in [4.78, 5) is 23.0. The lowest BCUT2D eigenvalue weighted by molar-refractivity contribution is -0.115. The van der Waals surface area contributed by atoms with E-state index in [4.69, 9.17) is 10.5 Å². The summed E-state index contributed by atoms with van der Waals surface area (Å²) < 4.78 is 5.21. The van der Waals surface area contributed by atoms with Gasteiger partial charge in [0.25, 0.3) is 0 Å². The largest absolute Gasteiger partial charge is 0.496 e. The lowest BCUT2D eigenvalue weighted by Crippen LogP contribution is -2.15. The molecule has 0 saturated heterocycles. The van der Waals surface area contributed by atoms with Crippen LogP contribution in [0.1, 0.15) is 15.9 Å². The highest BCUT2D eigenvalue weighted by Crippen LogP contribution is 2.18. The quantitative estimate of drug-likeness (QED) is 0.880.